The van der Waals surface area contributed by atoms with Crippen LogP contribution in [-0.4, -0.2) is 17.8 Å². The van der Waals surface area contributed by atoms with Gasteiger partial charge in [-0.25, -0.2) is 8.78 Å². The lowest BCUT2D eigenvalue weighted by molar-refractivity contribution is -0.137. The van der Waals surface area contributed by atoms with E-state index in [0.717, 1.165) is 18.2 Å². The average molecular weight is 427 g/mol. The van der Waals surface area contributed by atoms with E-state index in [2.05, 4.69) is 15.9 Å². The van der Waals surface area contributed by atoms with Crippen LogP contribution >= 0.6 is 27.7 Å². The van der Waals surface area contributed by atoms with Crippen LogP contribution in [0.5, 0.6) is 0 Å². The number of hydrogen-bond donors (Lipinski definition) is 0. The predicted octanol–water partition coefficient (Wildman–Crippen LogP) is 5.98. The van der Waals surface area contributed by atoms with Gasteiger partial charge in [0, 0.05) is 11.6 Å². The minimum atomic E-state index is -4.35. The predicted molar refractivity (Wildman–Crippen MR) is 88.2 cm³/mol. The maximum Gasteiger partial charge on any atom is 0.416 e. The van der Waals surface area contributed by atoms with Crippen LogP contribution in [0.1, 0.15) is 15.9 Å². The number of alkyl halides is 3. The van der Waals surface area contributed by atoms with Gasteiger partial charge in [0.1, 0.15) is 11.6 Å². The molecule has 1 nitrogen and oxygen atoms in total. The van der Waals surface area contributed by atoms with E-state index in [4.69, 9.17) is 0 Å². The summed E-state index contributed by atoms with van der Waals surface area (Å²) in [5, 5.41) is 0. The second-order valence-corrected chi connectivity index (χ2v) is 6.21. The molecule has 0 spiro atoms. The molecule has 0 fully saturated rings. The zero-order valence-electron chi connectivity index (χ0n) is 12.3. The van der Waals surface area contributed by atoms with Gasteiger partial charge in [-0.05, 0) is 46.5 Å². The van der Waals surface area contributed by atoms with Crippen molar-refractivity contribution in [2.45, 2.75) is 6.18 Å². The van der Waals surface area contributed by atoms with Crippen molar-refractivity contribution in [2.75, 3.05) is 12.0 Å². The number of benzene rings is 2. The summed E-state index contributed by atoms with van der Waals surface area (Å²) in [4.78, 5) is 11.3. The van der Waals surface area contributed by atoms with Crippen molar-refractivity contribution in [1.29, 1.82) is 0 Å². The molecule has 8 heteroatoms. The lowest BCUT2D eigenvalue weighted by atomic mass is 10.1. The van der Waals surface area contributed by atoms with Crippen molar-refractivity contribution >= 4 is 33.5 Å². The van der Waals surface area contributed by atoms with Gasteiger partial charge < -0.3 is 0 Å². The normalized spacial score (nSPS) is 10.8. The molecule has 0 aliphatic heterocycles. The summed E-state index contributed by atoms with van der Waals surface area (Å²) in [6.45, 7) is 0. The summed E-state index contributed by atoms with van der Waals surface area (Å²) < 4.78 is 61.2. The molecule has 0 saturated heterocycles. The first kappa shape index (κ1) is 20.6. The SMILES string of the molecule is CSCC(=O)c1ccc(C(F)(F)F)cc1.Fc1ccc(Br)c(F)c1. The molecule has 24 heavy (non-hydrogen) atoms. The highest BCUT2D eigenvalue weighted by Crippen LogP contribution is 2.29. The third-order valence-corrected chi connectivity index (χ3v) is 3.89. The Balaban J connectivity index is 0.000000272. The van der Waals surface area contributed by atoms with E-state index in [-0.39, 0.29) is 16.0 Å². The van der Waals surface area contributed by atoms with E-state index in [9.17, 15) is 26.7 Å². The van der Waals surface area contributed by atoms with Gasteiger partial charge >= 0.3 is 6.18 Å². The molecule has 0 atom stereocenters. The van der Waals surface area contributed by atoms with Gasteiger partial charge in [0.2, 0.25) is 0 Å². The Hall–Kier alpha value is -1.41. The third kappa shape index (κ3) is 6.60. The van der Waals surface area contributed by atoms with Crippen molar-refractivity contribution < 1.29 is 26.7 Å². The van der Waals surface area contributed by atoms with Crippen molar-refractivity contribution in [3.8, 4) is 0 Å². The van der Waals surface area contributed by atoms with Crippen LogP contribution in [0.25, 0.3) is 0 Å². The number of Topliss-reactive ketones (excluding diaryl/α,β-unsaturated/α-hetero) is 1. The maximum absolute atomic E-state index is 12.3. The average Bonchev–Trinajstić information content (AvgIpc) is 2.51. The molecule has 130 valence electrons. The van der Waals surface area contributed by atoms with Gasteiger partial charge in [-0.2, -0.15) is 24.9 Å². The Bertz CT molecular complexity index is 686. The van der Waals surface area contributed by atoms with Crippen molar-refractivity contribution in [3.63, 3.8) is 0 Å². The molecule has 2 aromatic carbocycles. The first-order valence-corrected chi connectivity index (χ1v) is 8.63. The molecule has 0 aliphatic carbocycles. The van der Waals surface area contributed by atoms with Gasteiger partial charge in [0.25, 0.3) is 0 Å². The molecule has 2 aromatic rings. The van der Waals surface area contributed by atoms with E-state index in [1.165, 1.54) is 36.0 Å². The van der Waals surface area contributed by atoms with Crippen molar-refractivity contribution in [1.82, 2.24) is 0 Å². The number of thioether (sulfide) groups is 1. The summed E-state index contributed by atoms with van der Waals surface area (Å²) >= 11 is 4.23. The van der Waals surface area contributed by atoms with Gasteiger partial charge in [-0.3, -0.25) is 4.79 Å². The summed E-state index contributed by atoms with van der Waals surface area (Å²) in [5.41, 5.74) is -0.416. The maximum atomic E-state index is 12.3. The molecule has 0 radical (unpaired) electrons. The minimum Gasteiger partial charge on any atom is -0.293 e. The zero-order valence-corrected chi connectivity index (χ0v) is 14.7. The first-order chi connectivity index (χ1) is 11.1. The quantitative estimate of drug-likeness (QED) is 0.341. The number of carbonyl (C=O) groups is 1. The van der Waals surface area contributed by atoms with Crippen LogP contribution < -0.4 is 0 Å². The molecule has 0 aliphatic rings. The van der Waals surface area contributed by atoms with Crippen LogP contribution in [0.2, 0.25) is 0 Å². The third-order valence-electron chi connectivity index (χ3n) is 2.69. The number of halogens is 6. The van der Waals surface area contributed by atoms with E-state index >= 15 is 0 Å². The molecule has 0 bridgehead atoms. The van der Waals surface area contributed by atoms with Crippen LogP contribution in [0.15, 0.2) is 46.9 Å². The molecule has 0 saturated carbocycles. The topological polar surface area (TPSA) is 17.1 Å². The van der Waals surface area contributed by atoms with Gasteiger partial charge in [0.05, 0.1) is 15.8 Å². The largest absolute Gasteiger partial charge is 0.416 e. The number of rotatable bonds is 3. The highest BCUT2D eigenvalue weighted by Gasteiger charge is 2.30. The van der Waals surface area contributed by atoms with Gasteiger partial charge in [-0.15, -0.1) is 0 Å². The van der Waals surface area contributed by atoms with Crippen LogP contribution in [0.3, 0.4) is 0 Å². The Kier molecular flexibility index (Phi) is 7.89. The van der Waals surface area contributed by atoms with E-state index < -0.39 is 23.4 Å². The van der Waals surface area contributed by atoms with Gasteiger partial charge in [0.15, 0.2) is 5.78 Å². The molecular formula is C16H12BrF5OS. The fourth-order valence-electron chi connectivity index (χ4n) is 1.53. The van der Waals surface area contributed by atoms with E-state index in [0.29, 0.717) is 5.56 Å². The fraction of sp³-hybridized carbons (Fsp3) is 0.188. The fourth-order valence-corrected chi connectivity index (χ4v) is 2.21. The monoisotopic (exact) mass is 426 g/mol. The number of hydrogen-bond acceptors (Lipinski definition) is 2. The highest BCUT2D eigenvalue weighted by molar-refractivity contribution is 9.10. The second-order valence-electron chi connectivity index (χ2n) is 4.49. The number of carbonyl (C=O) groups excluding carboxylic acids is 1. The Labute approximate surface area is 148 Å². The summed E-state index contributed by atoms with van der Waals surface area (Å²) in [7, 11) is 0. The molecule has 0 N–H and O–H groups in total. The lowest BCUT2D eigenvalue weighted by Crippen LogP contribution is -2.06. The van der Waals surface area contributed by atoms with Gasteiger partial charge in [-0.1, -0.05) is 12.1 Å². The molecule has 2 rings (SSSR count). The summed E-state index contributed by atoms with van der Waals surface area (Å²) in [6, 6.07) is 7.60. The van der Waals surface area contributed by atoms with Crippen molar-refractivity contribution in [2.24, 2.45) is 0 Å². The Morgan fingerprint density at radius 1 is 1.08 bits per heavy atom. The lowest BCUT2D eigenvalue weighted by Gasteiger charge is -2.06. The molecule has 0 amide bonds. The standard InChI is InChI=1S/C10H9F3OS.C6H3BrF2/c1-15-6-9(14)7-2-4-8(5-3-7)10(11,12)13;7-5-2-1-4(8)3-6(5)9/h2-5H,6H2,1H3;1-3H. The molecule has 0 heterocycles. The Morgan fingerprint density at radius 2 is 1.67 bits per heavy atom. The summed E-state index contributed by atoms with van der Waals surface area (Å²) in [6.07, 6.45) is -2.58. The van der Waals surface area contributed by atoms with Crippen LogP contribution in [0, 0.1) is 11.6 Å². The molecule has 0 aromatic heterocycles. The number of ketones is 1. The Morgan fingerprint density at radius 3 is 2.08 bits per heavy atom. The molecular weight excluding hydrogens is 415 g/mol. The zero-order chi connectivity index (χ0) is 18.3. The van der Waals surface area contributed by atoms with Crippen LogP contribution in [-0.2, 0) is 6.18 Å². The van der Waals surface area contributed by atoms with E-state index in [1.807, 2.05) is 0 Å². The molecule has 0 unspecified atom stereocenters. The second kappa shape index (κ2) is 9.17. The highest BCUT2D eigenvalue weighted by atomic mass is 79.9. The minimum absolute atomic E-state index is 0.156. The summed E-state index contributed by atoms with van der Waals surface area (Å²) in [5.74, 6) is -1.01. The van der Waals surface area contributed by atoms with Crippen LogP contribution in [0.4, 0.5) is 22.0 Å². The first-order valence-electron chi connectivity index (χ1n) is 6.45. The van der Waals surface area contributed by atoms with E-state index in [1.54, 1.807) is 6.26 Å². The van der Waals surface area contributed by atoms with Crippen molar-refractivity contribution in [3.05, 3.63) is 69.7 Å². The smallest absolute Gasteiger partial charge is 0.293 e.